The fraction of sp³-hybridized carbons (Fsp3) is 0.417. The molecule has 16 heavy (non-hydrogen) atoms. The number of likely N-dealkylation sites (N-methyl/N-ethyl adjacent to an activating group) is 1. The van der Waals surface area contributed by atoms with Crippen molar-refractivity contribution in [3.63, 3.8) is 0 Å². The smallest absolute Gasteiger partial charge is 0.123 e. The van der Waals surface area contributed by atoms with Crippen LogP contribution in [0.15, 0.2) is 24.3 Å². The van der Waals surface area contributed by atoms with Crippen molar-refractivity contribution in [1.29, 1.82) is 5.41 Å². The summed E-state index contributed by atoms with van der Waals surface area (Å²) in [7, 11) is 3.72. The zero-order chi connectivity index (χ0) is 12.0. The van der Waals surface area contributed by atoms with Crippen LogP contribution in [0.4, 0.5) is 0 Å². The van der Waals surface area contributed by atoms with E-state index in [0.29, 0.717) is 6.61 Å². The molecule has 1 aromatic carbocycles. The largest absolute Gasteiger partial charge is 0.384 e. The third-order valence-electron chi connectivity index (χ3n) is 2.42. The van der Waals surface area contributed by atoms with Crippen LogP contribution in [0.3, 0.4) is 0 Å². The number of benzene rings is 1. The van der Waals surface area contributed by atoms with E-state index in [1.54, 1.807) is 7.11 Å². The molecule has 0 bridgehead atoms. The van der Waals surface area contributed by atoms with Gasteiger partial charge >= 0.3 is 0 Å². The number of ether oxygens (including phenoxy) is 1. The zero-order valence-electron chi connectivity index (χ0n) is 9.86. The molecule has 4 heteroatoms. The third-order valence-corrected chi connectivity index (χ3v) is 2.42. The first-order chi connectivity index (χ1) is 7.65. The molecule has 88 valence electrons. The summed E-state index contributed by atoms with van der Waals surface area (Å²) in [6, 6.07) is 7.74. The van der Waals surface area contributed by atoms with Gasteiger partial charge in [0.25, 0.3) is 0 Å². The first-order valence-corrected chi connectivity index (χ1v) is 5.25. The minimum atomic E-state index is 0.121. The van der Waals surface area contributed by atoms with Crippen LogP contribution in [0.25, 0.3) is 0 Å². The van der Waals surface area contributed by atoms with Gasteiger partial charge in [0.05, 0.1) is 6.61 Å². The molecule has 0 fully saturated rings. The van der Waals surface area contributed by atoms with Crippen LogP contribution in [0.1, 0.15) is 11.1 Å². The van der Waals surface area contributed by atoms with Crippen molar-refractivity contribution in [1.82, 2.24) is 4.90 Å². The second-order valence-electron chi connectivity index (χ2n) is 3.80. The third kappa shape index (κ3) is 3.64. The highest BCUT2D eigenvalue weighted by atomic mass is 16.5. The normalized spacial score (nSPS) is 10.7. The number of rotatable bonds is 6. The van der Waals surface area contributed by atoms with Gasteiger partial charge in [-0.1, -0.05) is 24.3 Å². The van der Waals surface area contributed by atoms with E-state index in [1.807, 2.05) is 31.3 Å². The number of nitrogens with one attached hydrogen (secondary N) is 1. The molecule has 0 spiro atoms. The van der Waals surface area contributed by atoms with Gasteiger partial charge < -0.3 is 10.5 Å². The molecular formula is C12H19N3O. The number of nitrogens with zero attached hydrogens (tertiary/aromatic N) is 1. The van der Waals surface area contributed by atoms with E-state index in [9.17, 15) is 0 Å². The van der Waals surface area contributed by atoms with Crippen molar-refractivity contribution >= 4 is 5.84 Å². The van der Waals surface area contributed by atoms with Gasteiger partial charge in [0, 0.05) is 25.8 Å². The molecule has 4 nitrogen and oxygen atoms in total. The molecule has 0 aliphatic heterocycles. The van der Waals surface area contributed by atoms with Crippen LogP contribution in [-0.2, 0) is 11.3 Å². The summed E-state index contributed by atoms with van der Waals surface area (Å²) >= 11 is 0. The van der Waals surface area contributed by atoms with Crippen LogP contribution in [0.2, 0.25) is 0 Å². The predicted octanol–water partition coefficient (Wildman–Crippen LogP) is 1.05. The van der Waals surface area contributed by atoms with E-state index < -0.39 is 0 Å². The zero-order valence-corrected chi connectivity index (χ0v) is 9.86. The lowest BCUT2D eigenvalue weighted by atomic mass is 10.1. The monoisotopic (exact) mass is 221 g/mol. The van der Waals surface area contributed by atoms with Crippen molar-refractivity contribution in [3.8, 4) is 0 Å². The molecule has 1 aromatic rings. The van der Waals surface area contributed by atoms with Gasteiger partial charge in [-0.25, -0.2) is 0 Å². The lowest BCUT2D eigenvalue weighted by Crippen LogP contribution is -2.24. The Morgan fingerprint density at radius 3 is 2.75 bits per heavy atom. The summed E-state index contributed by atoms with van der Waals surface area (Å²) < 4.78 is 5.02. The van der Waals surface area contributed by atoms with Gasteiger partial charge in [0.1, 0.15) is 5.84 Å². The molecule has 0 aliphatic rings. The molecule has 0 radical (unpaired) electrons. The number of hydrogen-bond acceptors (Lipinski definition) is 3. The maximum absolute atomic E-state index is 7.49. The Labute approximate surface area is 96.5 Å². The highest BCUT2D eigenvalue weighted by Crippen LogP contribution is 2.10. The molecule has 0 atom stereocenters. The van der Waals surface area contributed by atoms with E-state index in [4.69, 9.17) is 15.9 Å². The molecule has 0 unspecified atom stereocenters. The molecular weight excluding hydrogens is 202 g/mol. The Morgan fingerprint density at radius 1 is 1.44 bits per heavy atom. The average Bonchev–Trinajstić information content (AvgIpc) is 2.27. The standard InChI is InChI=1S/C12H19N3O/c1-15(7-8-16-2)9-10-5-3-4-6-11(10)12(13)14/h3-6H,7-9H2,1-2H3,(H3,13,14). The Balaban J connectivity index is 2.69. The molecule has 1 rings (SSSR count). The highest BCUT2D eigenvalue weighted by Gasteiger charge is 2.06. The molecule has 0 aliphatic carbocycles. The maximum atomic E-state index is 7.49. The van der Waals surface area contributed by atoms with Crippen LogP contribution in [0, 0.1) is 5.41 Å². The van der Waals surface area contributed by atoms with Crippen molar-refractivity contribution in [2.24, 2.45) is 5.73 Å². The van der Waals surface area contributed by atoms with E-state index in [-0.39, 0.29) is 5.84 Å². The lowest BCUT2D eigenvalue weighted by Gasteiger charge is -2.17. The fourth-order valence-corrected chi connectivity index (χ4v) is 1.54. The van der Waals surface area contributed by atoms with E-state index in [0.717, 1.165) is 24.2 Å². The second-order valence-corrected chi connectivity index (χ2v) is 3.80. The molecule has 0 heterocycles. The summed E-state index contributed by atoms with van der Waals surface area (Å²) in [5.41, 5.74) is 7.42. The van der Waals surface area contributed by atoms with Gasteiger partial charge in [0.2, 0.25) is 0 Å². The highest BCUT2D eigenvalue weighted by molar-refractivity contribution is 5.96. The first kappa shape index (κ1) is 12.7. The molecule has 0 saturated heterocycles. The number of methoxy groups -OCH3 is 1. The molecule has 0 aromatic heterocycles. The summed E-state index contributed by atoms with van der Waals surface area (Å²) in [5, 5.41) is 7.49. The maximum Gasteiger partial charge on any atom is 0.123 e. The number of nitrogens with two attached hydrogens (primary N) is 1. The second kappa shape index (κ2) is 6.25. The number of hydrogen-bond donors (Lipinski definition) is 2. The minimum absolute atomic E-state index is 0.121. The van der Waals surface area contributed by atoms with E-state index in [2.05, 4.69) is 4.90 Å². The quantitative estimate of drug-likeness (QED) is 0.557. The molecule has 3 N–H and O–H groups in total. The SMILES string of the molecule is COCCN(C)Cc1ccccc1C(=N)N. The van der Waals surface area contributed by atoms with Gasteiger partial charge in [0.15, 0.2) is 0 Å². The predicted molar refractivity (Wildman–Crippen MR) is 65.7 cm³/mol. The van der Waals surface area contributed by atoms with Gasteiger partial charge in [-0.2, -0.15) is 0 Å². The van der Waals surface area contributed by atoms with Crippen LogP contribution >= 0.6 is 0 Å². The summed E-state index contributed by atoms with van der Waals surface area (Å²) in [6.07, 6.45) is 0. The Hall–Kier alpha value is -1.39. The van der Waals surface area contributed by atoms with Gasteiger partial charge in [-0.05, 0) is 12.6 Å². The summed E-state index contributed by atoms with van der Waals surface area (Å²) in [6.45, 7) is 2.35. The fourth-order valence-electron chi connectivity index (χ4n) is 1.54. The Bertz CT molecular complexity index is 352. The van der Waals surface area contributed by atoms with Crippen molar-refractivity contribution in [3.05, 3.63) is 35.4 Å². The van der Waals surface area contributed by atoms with Crippen LogP contribution < -0.4 is 5.73 Å². The number of amidine groups is 1. The summed E-state index contributed by atoms with van der Waals surface area (Å²) in [4.78, 5) is 2.14. The molecule has 0 saturated carbocycles. The first-order valence-electron chi connectivity index (χ1n) is 5.25. The van der Waals surface area contributed by atoms with Crippen molar-refractivity contribution < 1.29 is 4.74 Å². The minimum Gasteiger partial charge on any atom is -0.384 e. The van der Waals surface area contributed by atoms with Crippen LogP contribution in [0.5, 0.6) is 0 Å². The molecule has 0 amide bonds. The summed E-state index contributed by atoms with van der Waals surface area (Å²) in [5.74, 6) is 0.121. The lowest BCUT2D eigenvalue weighted by molar-refractivity contribution is 0.158. The van der Waals surface area contributed by atoms with Gasteiger partial charge in [-0.3, -0.25) is 10.3 Å². The van der Waals surface area contributed by atoms with Crippen molar-refractivity contribution in [2.75, 3.05) is 27.3 Å². The van der Waals surface area contributed by atoms with E-state index >= 15 is 0 Å². The van der Waals surface area contributed by atoms with Crippen LogP contribution in [-0.4, -0.2) is 38.0 Å². The van der Waals surface area contributed by atoms with Gasteiger partial charge in [-0.15, -0.1) is 0 Å². The Kier molecular flexibility index (Phi) is 4.95. The van der Waals surface area contributed by atoms with Crippen molar-refractivity contribution in [2.45, 2.75) is 6.54 Å². The number of nitrogen functional groups attached to an aromatic ring is 1. The topological polar surface area (TPSA) is 62.3 Å². The Morgan fingerprint density at radius 2 is 2.12 bits per heavy atom. The average molecular weight is 221 g/mol. The van der Waals surface area contributed by atoms with E-state index in [1.165, 1.54) is 0 Å².